The molecule has 2 unspecified atom stereocenters. The van der Waals surface area contributed by atoms with Crippen molar-refractivity contribution < 1.29 is 24.8 Å². The van der Waals surface area contributed by atoms with Gasteiger partial charge < -0.3 is 24.8 Å². The summed E-state index contributed by atoms with van der Waals surface area (Å²) in [5, 5.41) is 28.2. The molecule has 1 fully saturated rings. The summed E-state index contributed by atoms with van der Waals surface area (Å²) in [4.78, 5) is 0. The van der Waals surface area contributed by atoms with Gasteiger partial charge in [-0.3, -0.25) is 0 Å². The lowest BCUT2D eigenvalue weighted by Gasteiger charge is -2.36. The van der Waals surface area contributed by atoms with Crippen LogP contribution in [0.4, 0.5) is 0 Å². The number of aliphatic hydroxyl groups excluding tert-OH is 3. The van der Waals surface area contributed by atoms with E-state index in [0.29, 0.717) is 6.61 Å². The van der Waals surface area contributed by atoms with Crippen LogP contribution < -0.4 is 0 Å². The smallest absolute Gasteiger partial charge is 0.161 e. The molecular weight excluding hydrogens is 236 g/mol. The molecule has 0 amide bonds. The SMILES string of the molecule is OCC1O[C@H](OCc2ccccc2)CC(O)[C@@H]1O. The molecule has 5 nitrogen and oxygen atoms in total. The fraction of sp³-hybridized carbons (Fsp3) is 0.538. The minimum Gasteiger partial charge on any atom is -0.394 e. The third-order valence-corrected chi connectivity index (χ3v) is 2.99. The van der Waals surface area contributed by atoms with Gasteiger partial charge in [0, 0.05) is 6.42 Å². The highest BCUT2D eigenvalue weighted by Crippen LogP contribution is 2.21. The number of hydrogen-bond donors (Lipinski definition) is 3. The minimum atomic E-state index is -1.06. The summed E-state index contributed by atoms with van der Waals surface area (Å²) in [5.74, 6) is 0. The molecule has 4 atom stereocenters. The highest BCUT2D eigenvalue weighted by atomic mass is 16.7. The van der Waals surface area contributed by atoms with Gasteiger partial charge in [0.1, 0.15) is 12.2 Å². The zero-order valence-electron chi connectivity index (χ0n) is 9.98. The van der Waals surface area contributed by atoms with Crippen molar-refractivity contribution in [3.05, 3.63) is 35.9 Å². The Morgan fingerprint density at radius 3 is 2.61 bits per heavy atom. The lowest BCUT2D eigenvalue weighted by Crippen LogP contribution is -2.50. The average molecular weight is 254 g/mol. The van der Waals surface area contributed by atoms with E-state index in [0.717, 1.165) is 5.56 Å². The van der Waals surface area contributed by atoms with E-state index in [9.17, 15) is 10.2 Å². The standard InChI is InChI=1S/C13H18O5/c14-7-11-13(16)10(15)6-12(18-11)17-8-9-4-2-1-3-5-9/h1-5,10-16H,6-8H2/t10?,11?,12-,13-/m0/s1. The van der Waals surface area contributed by atoms with Crippen LogP contribution in [0.1, 0.15) is 12.0 Å². The van der Waals surface area contributed by atoms with Crippen LogP contribution in [0.5, 0.6) is 0 Å². The van der Waals surface area contributed by atoms with Gasteiger partial charge in [0.25, 0.3) is 0 Å². The van der Waals surface area contributed by atoms with Gasteiger partial charge in [-0.25, -0.2) is 0 Å². The van der Waals surface area contributed by atoms with Crippen LogP contribution >= 0.6 is 0 Å². The Kier molecular flexibility index (Phi) is 4.68. The lowest BCUT2D eigenvalue weighted by atomic mass is 10.0. The van der Waals surface area contributed by atoms with Gasteiger partial charge in [-0.05, 0) is 5.56 Å². The molecule has 1 saturated heterocycles. The van der Waals surface area contributed by atoms with Crippen molar-refractivity contribution >= 4 is 0 Å². The maximum absolute atomic E-state index is 9.63. The maximum atomic E-state index is 9.63. The Morgan fingerprint density at radius 1 is 1.22 bits per heavy atom. The van der Waals surface area contributed by atoms with Crippen LogP contribution in [0, 0.1) is 0 Å². The molecule has 100 valence electrons. The first-order valence-corrected chi connectivity index (χ1v) is 5.98. The van der Waals surface area contributed by atoms with Crippen molar-refractivity contribution in [1.29, 1.82) is 0 Å². The van der Waals surface area contributed by atoms with Gasteiger partial charge in [0.15, 0.2) is 6.29 Å². The van der Waals surface area contributed by atoms with E-state index in [4.69, 9.17) is 14.6 Å². The molecule has 1 aromatic rings. The number of aliphatic hydroxyl groups is 3. The molecule has 0 radical (unpaired) electrons. The average Bonchev–Trinajstić information content (AvgIpc) is 2.41. The molecule has 3 N–H and O–H groups in total. The first-order valence-electron chi connectivity index (χ1n) is 5.98. The van der Waals surface area contributed by atoms with Crippen LogP contribution in [-0.4, -0.2) is 46.5 Å². The van der Waals surface area contributed by atoms with E-state index >= 15 is 0 Å². The summed E-state index contributed by atoms with van der Waals surface area (Å²) >= 11 is 0. The molecule has 1 aromatic carbocycles. The molecule has 1 aliphatic rings. The van der Waals surface area contributed by atoms with E-state index in [2.05, 4.69) is 0 Å². The Balaban J connectivity index is 1.86. The predicted molar refractivity (Wildman–Crippen MR) is 63.6 cm³/mol. The molecule has 0 aliphatic carbocycles. The van der Waals surface area contributed by atoms with Crippen molar-refractivity contribution in [2.24, 2.45) is 0 Å². The van der Waals surface area contributed by atoms with Gasteiger partial charge in [-0.2, -0.15) is 0 Å². The molecule has 0 saturated carbocycles. The second kappa shape index (κ2) is 6.26. The van der Waals surface area contributed by atoms with Crippen molar-refractivity contribution in [3.8, 4) is 0 Å². The Labute approximate surface area is 106 Å². The van der Waals surface area contributed by atoms with E-state index < -0.39 is 24.6 Å². The number of benzene rings is 1. The fourth-order valence-electron chi connectivity index (χ4n) is 1.94. The minimum absolute atomic E-state index is 0.199. The molecule has 0 aromatic heterocycles. The van der Waals surface area contributed by atoms with Crippen LogP contribution in [0.15, 0.2) is 30.3 Å². The fourth-order valence-corrected chi connectivity index (χ4v) is 1.94. The van der Waals surface area contributed by atoms with Gasteiger partial charge in [0.05, 0.1) is 19.3 Å². The topological polar surface area (TPSA) is 79.2 Å². The van der Waals surface area contributed by atoms with Crippen molar-refractivity contribution in [3.63, 3.8) is 0 Å². The van der Waals surface area contributed by atoms with Crippen LogP contribution in [0.3, 0.4) is 0 Å². The van der Waals surface area contributed by atoms with Gasteiger partial charge in [0.2, 0.25) is 0 Å². The summed E-state index contributed by atoms with van der Waals surface area (Å²) in [5.41, 5.74) is 1.00. The summed E-state index contributed by atoms with van der Waals surface area (Å²) in [6.07, 6.45) is -3.21. The van der Waals surface area contributed by atoms with Crippen molar-refractivity contribution in [1.82, 2.24) is 0 Å². The highest BCUT2D eigenvalue weighted by Gasteiger charge is 2.36. The van der Waals surface area contributed by atoms with E-state index in [1.54, 1.807) is 0 Å². The van der Waals surface area contributed by atoms with Crippen LogP contribution in [0.2, 0.25) is 0 Å². The van der Waals surface area contributed by atoms with Crippen LogP contribution in [-0.2, 0) is 16.1 Å². The van der Waals surface area contributed by atoms with Gasteiger partial charge in [-0.1, -0.05) is 30.3 Å². The second-order valence-electron chi connectivity index (χ2n) is 4.38. The van der Waals surface area contributed by atoms with Gasteiger partial charge >= 0.3 is 0 Å². The predicted octanol–water partition coefficient (Wildman–Crippen LogP) is 0.0323. The zero-order valence-corrected chi connectivity index (χ0v) is 9.98. The summed E-state index contributed by atoms with van der Waals surface area (Å²) in [7, 11) is 0. The zero-order chi connectivity index (χ0) is 13.0. The molecule has 1 aliphatic heterocycles. The molecule has 18 heavy (non-hydrogen) atoms. The summed E-state index contributed by atoms with van der Waals surface area (Å²) < 4.78 is 10.9. The van der Waals surface area contributed by atoms with Crippen molar-refractivity contribution in [2.45, 2.75) is 37.6 Å². The molecule has 5 heteroatoms. The third kappa shape index (κ3) is 3.28. The summed E-state index contributed by atoms with van der Waals surface area (Å²) in [6.45, 7) is 0.0237. The molecule has 1 heterocycles. The van der Waals surface area contributed by atoms with E-state index in [1.165, 1.54) is 0 Å². The van der Waals surface area contributed by atoms with Crippen molar-refractivity contribution in [2.75, 3.05) is 6.61 Å². The highest BCUT2D eigenvalue weighted by molar-refractivity contribution is 5.13. The number of ether oxygens (including phenoxy) is 2. The first-order chi connectivity index (χ1) is 8.70. The second-order valence-corrected chi connectivity index (χ2v) is 4.38. The van der Waals surface area contributed by atoms with E-state index in [-0.39, 0.29) is 13.0 Å². The van der Waals surface area contributed by atoms with E-state index in [1.807, 2.05) is 30.3 Å². The molecule has 0 spiro atoms. The quantitative estimate of drug-likeness (QED) is 0.706. The monoisotopic (exact) mass is 254 g/mol. The Morgan fingerprint density at radius 2 is 1.94 bits per heavy atom. The molecular formula is C13H18O5. The lowest BCUT2D eigenvalue weighted by molar-refractivity contribution is -0.260. The number of rotatable bonds is 4. The molecule has 0 bridgehead atoms. The van der Waals surface area contributed by atoms with Crippen LogP contribution in [0.25, 0.3) is 0 Å². The Bertz CT molecular complexity index is 356. The third-order valence-electron chi connectivity index (χ3n) is 2.99. The Hall–Kier alpha value is -0.980. The van der Waals surface area contributed by atoms with Gasteiger partial charge in [-0.15, -0.1) is 0 Å². The maximum Gasteiger partial charge on any atom is 0.161 e. The normalized spacial score (nSPS) is 32.4. The molecule has 2 rings (SSSR count). The first kappa shape index (κ1) is 13.5. The number of hydrogen-bond acceptors (Lipinski definition) is 5. The summed E-state index contributed by atoms with van der Waals surface area (Å²) in [6, 6.07) is 9.60. The largest absolute Gasteiger partial charge is 0.394 e.